The van der Waals surface area contributed by atoms with Gasteiger partial charge in [-0.3, -0.25) is 4.79 Å². The second-order valence-electron chi connectivity index (χ2n) is 5.33. The van der Waals surface area contributed by atoms with E-state index >= 15 is 0 Å². The Labute approximate surface area is 139 Å². The van der Waals surface area contributed by atoms with Crippen molar-refractivity contribution in [2.45, 2.75) is 20.3 Å². The van der Waals surface area contributed by atoms with Crippen LogP contribution in [0.1, 0.15) is 29.3 Å². The fraction of sp³-hybridized carbons (Fsp3) is 0.533. The third-order valence-electron chi connectivity index (χ3n) is 3.87. The minimum absolute atomic E-state index is 0. The van der Waals surface area contributed by atoms with Crippen LogP contribution in [0.3, 0.4) is 0 Å². The Balaban J connectivity index is 0.00000200. The molecule has 1 aromatic rings. The van der Waals surface area contributed by atoms with Crippen LogP contribution in [0.15, 0.2) is 18.2 Å². The molecule has 1 saturated heterocycles. The molecule has 1 fully saturated rings. The normalized spacial score (nSPS) is 17.7. The molecule has 6 heteroatoms. The van der Waals surface area contributed by atoms with E-state index in [-0.39, 0.29) is 30.7 Å². The summed E-state index contributed by atoms with van der Waals surface area (Å²) in [5.41, 5.74) is 8.02. The first kappa shape index (κ1) is 20.0. The Morgan fingerprint density at radius 3 is 2.76 bits per heavy atom. The van der Waals surface area contributed by atoms with Crippen molar-refractivity contribution in [2.75, 3.05) is 31.9 Å². The first-order valence-corrected chi connectivity index (χ1v) is 6.96. The molecule has 2 rings (SSSR count). The average Bonchev–Trinajstić information content (AvgIpc) is 2.87. The van der Waals surface area contributed by atoms with E-state index in [0.717, 1.165) is 31.7 Å². The van der Waals surface area contributed by atoms with Crippen LogP contribution in [0.2, 0.25) is 0 Å². The Morgan fingerprint density at radius 1 is 1.43 bits per heavy atom. The lowest BCUT2D eigenvalue weighted by atomic mass is 10.1. The van der Waals surface area contributed by atoms with Crippen LogP contribution < -0.4 is 11.1 Å². The number of nitrogens with two attached hydrogens (primary N) is 1. The zero-order valence-corrected chi connectivity index (χ0v) is 14.2. The van der Waals surface area contributed by atoms with Gasteiger partial charge in [0.2, 0.25) is 0 Å². The van der Waals surface area contributed by atoms with Gasteiger partial charge >= 0.3 is 0 Å². The molecule has 120 valence electrons. The fourth-order valence-corrected chi connectivity index (χ4v) is 2.58. The first-order valence-electron chi connectivity index (χ1n) is 6.96. The van der Waals surface area contributed by atoms with Gasteiger partial charge in [-0.2, -0.15) is 0 Å². The van der Waals surface area contributed by atoms with E-state index in [2.05, 4.69) is 17.1 Å². The largest absolute Gasteiger partial charge is 0.399 e. The summed E-state index contributed by atoms with van der Waals surface area (Å²) in [5, 5.41) is 3.03. The summed E-state index contributed by atoms with van der Waals surface area (Å²) < 4.78 is 0. The average molecular weight is 334 g/mol. The number of amides is 1. The number of carbonyl (C=O) groups excluding carboxylic acids is 1. The van der Waals surface area contributed by atoms with Crippen LogP contribution >= 0.6 is 24.8 Å². The van der Waals surface area contributed by atoms with E-state index < -0.39 is 0 Å². The summed E-state index contributed by atoms with van der Waals surface area (Å²) in [6.07, 6.45) is 1.17. The van der Waals surface area contributed by atoms with E-state index in [4.69, 9.17) is 5.73 Å². The number of aryl methyl sites for hydroxylation is 1. The smallest absolute Gasteiger partial charge is 0.251 e. The first-order chi connectivity index (χ1) is 9.10. The van der Waals surface area contributed by atoms with Gasteiger partial charge in [0.15, 0.2) is 0 Å². The van der Waals surface area contributed by atoms with Crippen molar-refractivity contribution in [3.05, 3.63) is 29.3 Å². The number of halogens is 2. The molecule has 21 heavy (non-hydrogen) atoms. The lowest BCUT2D eigenvalue weighted by Crippen LogP contribution is -2.31. The van der Waals surface area contributed by atoms with Crippen LogP contribution in [-0.2, 0) is 0 Å². The Morgan fingerprint density at radius 2 is 2.14 bits per heavy atom. The van der Waals surface area contributed by atoms with Crippen LogP contribution in [0.5, 0.6) is 0 Å². The molecule has 0 aliphatic carbocycles. The predicted octanol–water partition coefficient (Wildman–Crippen LogP) is 2.49. The van der Waals surface area contributed by atoms with Gasteiger partial charge in [-0.25, -0.2) is 0 Å². The quantitative estimate of drug-likeness (QED) is 0.832. The molecule has 1 aliphatic rings. The predicted molar refractivity (Wildman–Crippen MR) is 92.6 cm³/mol. The highest BCUT2D eigenvalue weighted by atomic mass is 35.5. The van der Waals surface area contributed by atoms with Crippen molar-refractivity contribution in [3.8, 4) is 0 Å². The third-order valence-corrected chi connectivity index (χ3v) is 3.87. The molecule has 4 nitrogen and oxygen atoms in total. The highest BCUT2D eigenvalue weighted by molar-refractivity contribution is 5.96. The maximum atomic E-state index is 12.1. The van der Waals surface area contributed by atoms with E-state index in [9.17, 15) is 4.79 Å². The van der Waals surface area contributed by atoms with Gasteiger partial charge in [-0.05, 0) is 50.0 Å². The van der Waals surface area contributed by atoms with Crippen LogP contribution in [0.25, 0.3) is 0 Å². The second kappa shape index (κ2) is 9.13. The molecule has 1 amide bonds. The summed E-state index contributed by atoms with van der Waals surface area (Å²) in [5.74, 6) is 0.560. The SMILES string of the molecule is CCN1CCC(CNC(=O)c2cc(N)ccc2C)C1.Cl.Cl. The van der Waals surface area contributed by atoms with Gasteiger partial charge < -0.3 is 16.0 Å². The monoisotopic (exact) mass is 333 g/mol. The summed E-state index contributed by atoms with van der Waals surface area (Å²) in [4.78, 5) is 14.6. The molecule has 1 heterocycles. The van der Waals surface area contributed by atoms with E-state index in [1.807, 2.05) is 19.1 Å². The minimum atomic E-state index is -0.0141. The molecule has 0 saturated carbocycles. The van der Waals surface area contributed by atoms with Crippen molar-refractivity contribution in [3.63, 3.8) is 0 Å². The molecule has 3 N–H and O–H groups in total. The van der Waals surface area contributed by atoms with Gasteiger partial charge in [-0.15, -0.1) is 24.8 Å². The molecule has 0 bridgehead atoms. The van der Waals surface area contributed by atoms with Crippen LogP contribution in [-0.4, -0.2) is 37.0 Å². The Bertz CT molecular complexity index is 468. The van der Waals surface area contributed by atoms with Crippen LogP contribution in [0.4, 0.5) is 5.69 Å². The van der Waals surface area contributed by atoms with E-state index in [1.165, 1.54) is 6.42 Å². The number of benzene rings is 1. The molecule has 1 unspecified atom stereocenters. The van der Waals surface area contributed by atoms with Crippen molar-refractivity contribution >= 4 is 36.4 Å². The van der Waals surface area contributed by atoms with Gasteiger partial charge in [0.1, 0.15) is 0 Å². The topological polar surface area (TPSA) is 58.4 Å². The van der Waals surface area contributed by atoms with Gasteiger partial charge in [0, 0.05) is 24.3 Å². The zero-order chi connectivity index (χ0) is 13.8. The summed E-state index contributed by atoms with van der Waals surface area (Å²) >= 11 is 0. The lowest BCUT2D eigenvalue weighted by molar-refractivity contribution is 0.0947. The standard InChI is InChI=1S/C15H23N3O.2ClH/c1-3-18-7-6-12(10-18)9-17-15(19)14-8-13(16)5-4-11(14)2;;/h4-5,8,12H,3,6-7,9-10,16H2,1-2H3,(H,17,19);2*1H. The molecule has 0 aromatic heterocycles. The molecule has 1 atom stereocenters. The van der Waals surface area contributed by atoms with E-state index in [0.29, 0.717) is 17.2 Å². The number of carbonyl (C=O) groups is 1. The second-order valence-corrected chi connectivity index (χ2v) is 5.33. The highest BCUT2D eigenvalue weighted by Gasteiger charge is 2.21. The van der Waals surface area contributed by atoms with Crippen LogP contribution in [0, 0.1) is 12.8 Å². The Hall–Kier alpha value is -0.970. The molecule has 1 aromatic carbocycles. The maximum absolute atomic E-state index is 12.1. The van der Waals surface area contributed by atoms with Crippen molar-refractivity contribution in [1.29, 1.82) is 0 Å². The minimum Gasteiger partial charge on any atom is -0.399 e. The van der Waals surface area contributed by atoms with Crippen molar-refractivity contribution in [2.24, 2.45) is 5.92 Å². The van der Waals surface area contributed by atoms with Crippen molar-refractivity contribution < 1.29 is 4.79 Å². The molecular weight excluding hydrogens is 309 g/mol. The highest BCUT2D eigenvalue weighted by Crippen LogP contribution is 2.16. The summed E-state index contributed by atoms with van der Waals surface area (Å²) in [6.45, 7) is 8.20. The number of hydrogen-bond acceptors (Lipinski definition) is 3. The maximum Gasteiger partial charge on any atom is 0.251 e. The third kappa shape index (κ3) is 5.38. The van der Waals surface area contributed by atoms with Gasteiger partial charge in [0.25, 0.3) is 5.91 Å². The molecule has 1 aliphatic heterocycles. The fourth-order valence-electron chi connectivity index (χ4n) is 2.58. The Kier molecular flexibility index (Phi) is 8.71. The molecular formula is C15H25Cl2N3O. The number of nitrogens with one attached hydrogen (secondary N) is 1. The molecule has 0 spiro atoms. The number of nitrogen functional groups attached to an aromatic ring is 1. The number of rotatable bonds is 4. The number of nitrogens with zero attached hydrogens (tertiary/aromatic N) is 1. The van der Waals surface area contributed by atoms with Gasteiger partial charge in [-0.1, -0.05) is 13.0 Å². The number of anilines is 1. The summed E-state index contributed by atoms with van der Waals surface area (Å²) in [7, 11) is 0. The number of likely N-dealkylation sites (tertiary alicyclic amines) is 1. The number of hydrogen-bond donors (Lipinski definition) is 2. The summed E-state index contributed by atoms with van der Waals surface area (Å²) in [6, 6.07) is 5.46. The van der Waals surface area contributed by atoms with Crippen molar-refractivity contribution in [1.82, 2.24) is 10.2 Å². The molecule has 0 radical (unpaired) electrons. The zero-order valence-electron chi connectivity index (χ0n) is 12.6. The lowest BCUT2D eigenvalue weighted by Gasteiger charge is -2.14. The van der Waals surface area contributed by atoms with E-state index in [1.54, 1.807) is 6.07 Å². The van der Waals surface area contributed by atoms with Gasteiger partial charge in [0.05, 0.1) is 0 Å².